The van der Waals surface area contributed by atoms with Gasteiger partial charge in [0.2, 0.25) is 0 Å². The second kappa shape index (κ2) is 7.67. The van der Waals surface area contributed by atoms with Crippen LogP contribution in [0.25, 0.3) is 16.5 Å². The van der Waals surface area contributed by atoms with Gasteiger partial charge in [-0.3, -0.25) is 14.4 Å². The van der Waals surface area contributed by atoms with E-state index in [4.69, 9.17) is 4.74 Å². The molecule has 0 spiro atoms. The second-order valence-electron chi connectivity index (χ2n) is 10.0. The Morgan fingerprint density at radius 2 is 1.43 bits per heavy atom. The number of carbonyl (C=O) groups is 1. The average Bonchev–Trinajstić information content (AvgIpc) is 3.18. The number of ether oxygens (including phenoxy) is 1. The summed E-state index contributed by atoms with van der Waals surface area (Å²) in [6.07, 6.45) is 0.891. The van der Waals surface area contributed by atoms with Crippen LogP contribution in [0.2, 0.25) is 0 Å². The number of benzene rings is 3. The smallest absolute Gasteiger partial charge is 0.277 e. The lowest BCUT2D eigenvalue weighted by molar-refractivity contribution is -0.118. The lowest BCUT2D eigenvalue weighted by Crippen LogP contribution is -2.37. The van der Waals surface area contributed by atoms with E-state index in [1.165, 1.54) is 9.36 Å². The van der Waals surface area contributed by atoms with E-state index in [1.807, 2.05) is 68.4 Å². The Bertz CT molecular complexity index is 1660. The molecule has 6 nitrogen and oxygen atoms in total. The van der Waals surface area contributed by atoms with Crippen molar-refractivity contribution in [2.75, 3.05) is 0 Å². The summed E-state index contributed by atoms with van der Waals surface area (Å²) in [5.41, 5.74) is 0.989. The number of Topliss-reactive ketones (excluding diaryl/α,β-unsaturated/α-hetero) is 1. The molecular formula is C29H24N2O4. The van der Waals surface area contributed by atoms with E-state index < -0.39 is 6.04 Å². The molecular weight excluding hydrogens is 440 g/mol. The summed E-state index contributed by atoms with van der Waals surface area (Å²) in [5.74, 6) is 1.25. The Morgan fingerprint density at radius 3 is 2.17 bits per heavy atom. The van der Waals surface area contributed by atoms with Crippen LogP contribution in [0.1, 0.15) is 38.3 Å². The highest BCUT2D eigenvalue weighted by Gasteiger charge is 2.44. The molecule has 0 bridgehead atoms. The zero-order valence-corrected chi connectivity index (χ0v) is 19.5. The fourth-order valence-electron chi connectivity index (χ4n) is 5.37. The Morgan fingerprint density at radius 1 is 0.771 bits per heavy atom. The molecule has 174 valence electrons. The molecule has 0 saturated heterocycles. The molecule has 6 rings (SSSR count). The second-order valence-corrected chi connectivity index (χ2v) is 10.0. The van der Waals surface area contributed by atoms with E-state index in [9.17, 15) is 14.4 Å². The number of ketones is 1. The van der Waals surface area contributed by atoms with Crippen molar-refractivity contribution >= 4 is 22.3 Å². The van der Waals surface area contributed by atoms with Gasteiger partial charge in [-0.05, 0) is 53.8 Å². The van der Waals surface area contributed by atoms with Crippen molar-refractivity contribution in [3.05, 3.63) is 111 Å². The van der Waals surface area contributed by atoms with Gasteiger partial charge in [0.05, 0.1) is 16.5 Å². The fourth-order valence-corrected chi connectivity index (χ4v) is 5.37. The molecule has 6 heteroatoms. The summed E-state index contributed by atoms with van der Waals surface area (Å²) < 4.78 is 8.95. The van der Waals surface area contributed by atoms with Gasteiger partial charge >= 0.3 is 0 Å². The van der Waals surface area contributed by atoms with E-state index in [1.54, 1.807) is 24.3 Å². The van der Waals surface area contributed by atoms with Gasteiger partial charge in [-0.1, -0.05) is 56.3 Å². The molecule has 0 amide bonds. The predicted molar refractivity (Wildman–Crippen MR) is 135 cm³/mol. The molecule has 1 aliphatic heterocycles. The average molecular weight is 465 g/mol. The normalized spacial score (nSPS) is 18.5. The predicted octanol–water partition coefficient (Wildman–Crippen LogP) is 5.16. The molecule has 0 N–H and O–H groups in total. The topological polar surface area (TPSA) is 70.3 Å². The third-order valence-electron chi connectivity index (χ3n) is 6.83. The molecule has 1 atom stereocenters. The molecule has 1 aromatic heterocycles. The maximum absolute atomic E-state index is 13.8. The fraction of sp³-hybridized carbons (Fsp3) is 0.207. The summed E-state index contributed by atoms with van der Waals surface area (Å²) in [6.45, 7) is 4.04. The van der Waals surface area contributed by atoms with Crippen LogP contribution in [0.15, 0.2) is 94.0 Å². The lowest BCUT2D eigenvalue weighted by Gasteiger charge is -2.30. The summed E-state index contributed by atoms with van der Waals surface area (Å²) in [5, 5.41) is 0.709. The highest BCUT2D eigenvalue weighted by atomic mass is 16.5. The zero-order valence-electron chi connectivity index (χ0n) is 19.5. The SMILES string of the molecule is CC1(C)CC(=O)C2=C(C1)n1c(=O)c3ccccc3c(=O)n1C2c1cccc(Oc2ccccc2)c1. The largest absolute Gasteiger partial charge is 0.457 e. The van der Waals surface area contributed by atoms with Crippen molar-refractivity contribution in [2.45, 2.75) is 32.7 Å². The number of rotatable bonds is 3. The van der Waals surface area contributed by atoms with Gasteiger partial charge < -0.3 is 4.74 Å². The molecule has 2 aliphatic rings. The van der Waals surface area contributed by atoms with E-state index in [-0.39, 0.29) is 22.3 Å². The van der Waals surface area contributed by atoms with Gasteiger partial charge in [-0.15, -0.1) is 0 Å². The number of carbonyl (C=O) groups excluding carboxylic acids is 1. The van der Waals surface area contributed by atoms with Gasteiger partial charge in [-0.25, -0.2) is 9.36 Å². The zero-order chi connectivity index (χ0) is 24.3. The Balaban J connectivity index is 1.60. The van der Waals surface area contributed by atoms with Gasteiger partial charge in [0, 0.05) is 12.0 Å². The number of fused-ring (bicyclic) bond motifs is 3. The molecule has 0 saturated carbocycles. The number of aromatic nitrogens is 2. The van der Waals surface area contributed by atoms with Crippen molar-refractivity contribution in [2.24, 2.45) is 5.41 Å². The molecule has 1 unspecified atom stereocenters. The standard InChI is InChI=1S/C29H24N2O4/c1-29(2)16-23-25(24(32)17-29)26(18-9-8-12-20(15-18)35-19-10-4-3-5-11-19)31-28(34)22-14-7-6-13-21(22)27(33)30(23)31/h3-15,26H,16-17H2,1-2H3. The Labute approximate surface area is 201 Å². The summed E-state index contributed by atoms with van der Waals surface area (Å²) in [6, 6.07) is 23.0. The highest BCUT2D eigenvalue weighted by molar-refractivity contribution is 6.04. The first-order valence-electron chi connectivity index (χ1n) is 11.7. The van der Waals surface area contributed by atoms with E-state index in [2.05, 4.69) is 0 Å². The first-order chi connectivity index (χ1) is 16.8. The summed E-state index contributed by atoms with van der Waals surface area (Å²) >= 11 is 0. The van der Waals surface area contributed by atoms with Gasteiger partial charge in [-0.2, -0.15) is 0 Å². The number of hydrogen-bond acceptors (Lipinski definition) is 4. The van der Waals surface area contributed by atoms with Crippen molar-refractivity contribution in [3.8, 4) is 11.5 Å². The van der Waals surface area contributed by atoms with Crippen LogP contribution < -0.4 is 15.9 Å². The summed E-state index contributed by atoms with van der Waals surface area (Å²) in [7, 11) is 0. The molecule has 2 heterocycles. The minimum absolute atomic E-state index is 0.0327. The van der Waals surface area contributed by atoms with Crippen LogP contribution in [0.4, 0.5) is 0 Å². The molecule has 35 heavy (non-hydrogen) atoms. The van der Waals surface area contributed by atoms with Gasteiger partial charge in [0.25, 0.3) is 11.1 Å². The maximum atomic E-state index is 13.8. The molecule has 3 aromatic carbocycles. The van der Waals surface area contributed by atoms with Crippen LogP contribution in [-0.2, 0) is 4.79 Å². The van der Waals surface area contributed by atoms with Gasteiger partial charge in [0.15, 0.2) is 5.78 Å². The van der Waals surface area contributed by atoms with Crippen LogP contribution in [0, 0.1) is 5.41 Å². The third-order valence-corrected chi connectivity index (χ3v) is 6.83. The molecule has 1 aliphatic carbocycles. The van der Waals surface area contributed by atoms with E-state index >= 15 is 0 Å². The molecule has 0 fully saturated rings. The Hall–Kier alpha value is -4.19. The number of para-hydroxylation sites is 1. The van der Waals surface area contributed by atoms with Crippen molar-refractivity contribution in [1.29, 1.82) is 0 Å². The maximum Gasteiger partial charge on any atom is 0.277 e. The number of hydrogen-bond donors (Lipinski definition) is 0. The minimum Gasteiger partial charge on any atom is -0.457 e. The van der Waals surface area contributed by atoms with Crippen LogP contribution in [0.3, 0.4) is 0 Å². The Kier molecular flexibility index (Phi) is 4.68. The van der Waals surface area contributed by atoms with Crippen LogP contribution in [0.5, 0.6) is 11.5 Å². The van der Waals surface area contributed by atoms with Crippen LogP contribution in [-0.4, -0.2) is 15.1 Å². The molecule has 0 radical (unpaired) electrons. The molecule has 4 aromatic rings. The first-order valence-corrected chi connectivity index (χ1v) is 11.7. The van der Waals surface area contributed by atoms with Gasteiger partial charge in [0.1, 0.15) is 17.5 Å². The van der Waals surface area contributed by atoms with Crippen molar-refractivity contribution < 1.29 is 9.53 Å². The highest BCUT2D eigenvalue weighted by Crippen LogP contribution is 2.47. The number of nitrogens with zero attached hydrogens (tertiary/aromatic N) is 2. The lowest BCUT2D eigenvalue weighted by atomic mass is 9.74. The van der Waals surface area contributed by atoms with E-state index in [0.29, 0.717) is 46.4 Å². The van der Waals surface area contributed by atoms with E-state index in [0.717, 1.165) is 5.56 Å². The first kappa shape index (κ1) is 21.4. The minimum atomic E-state index is -0.697. The number of allylic oxidation sites excluding steroid dienone is 2. The van der Waals surface area contributed by atoms with Crippen LogP contribution >= 0.6 is 0 Å². The van der Waals surface area contributed by atoms with Crippen molar-refractivity contribution in [1.82, 2.24) is 9.36 Å². The third kappa shape index (κ3) is 3.36. The van der Waals surface area contributed by atoms with Crippen molar-refractivity contribution in [3.63, 3.8) is 0 Å². The summed E-state index contributed by atoms with van der Waals surface area (Å²) in [4.78, 5) is 41.0. The monoisotopic (exact) mass is 464 g/mol. The quantitative estimate of drug-likeness (QED) is 0.420.